The Morgan fingerprint density at radius 1 is 1.38 bits per heavy atom. The molecule has 0 saturated carbocycles. The zero-order valence-corrected chi connectivity index (χ0v) is 8.03. The average Bonchev–Trinajstić information content (AvgIpc) is 2.61. The Bertz CT molecular complexity index is 393. The van der Waals surface area contributed by atoms with E-state index in [1.54, 1.807) is 0 Å². The van der Waals surface area contributed by atoms with Crippen molar-refractivity contribution >= 4 is 5.91 Å². The smallest absolute Gasteiger partial charge is 0.344 e. The van der Waals surface area contributed by atoms with E-state index in [9.17, 15) is 18.0 Å². The standard InChI is InChI=1S/C9H8F3N3O/c10-9(11,12)7-3-5(8(16)15-7)6-4-13-1-2-14-6/h1-2,4-5,7H,3H2,(H,15,16). The van der Waals surface area contributed by atoms with Gasteiger partial charge in [-0.1, -0.05) is 0 Å². The molecule has 2 unspecified atom stereocenters. The van der Waals surface area contributed by atoms with Crippen molar-refractivity contribution in [3.05, 3.63) is 24.3 Å². The molecule has 0 radical (unpaired) electrons. The first-order valence-electron chi connectivity index (χ1n) is 4.61. The van der Waals surface area contributed by atoms with Gasteiger partial charge in [0.2, 0.25) is 5.91 Å². The molecular weight excluding hydrogens is 223 g/mol. The topological polar surface area (TPSA) is 54.9 Å². The van der Waals surface area contributed by atoms with Gasteiger partial charge in [-0.15, -0.1) is 0 Å². The van der Waals surface area contributed by atoms with Crippen LogP contribution >= 0.6 is 0 Å². The monoisotopic (exact) mass is 231 g/mol. The number of halogens is 3. The zero-order valence-electron chi connectivity index (χ0n) is 8.03. The molecule has 0 aliphatic carbocycles. The van der Waals surface area contributed by atoms with Gasteiger partial charge in [0.05, 0.1) is 11.6 Å². The van der Waals surface area contributed by atoms with E-state index in [-0.39, 0.29) is 12.1 Å². The van der Waals surface area contributed by atoms with Gasteiger partial charge in [-0.25, -0.2) is 0 Å². The molecule has 2 rings (SSSR count). The minimum Gasteiger partial charge on any atom is -0.344 e. The van der Waals surface area contributed by atoms with Crippen LogP contribution in [0, 0.1) is 0 Å². The number of amides is 1. The van der Waals surface area contributed by atoms with Gasteiger partial charge in [0.1, 0.15) is 6.04 Å². The number of hydrogen-bond donors (Lipinski definition) is 1. The highest BCUT2D eigenvalue weighted by Crippen LogP contribution is 2.33. The fourth-order valence-corrected chi connectivity index (χ4v) is 1.64. The predicted octanol–water partition coefficient (Wildman–Crippen LogP) is 1.01. The van der Waals surface area contributed by atoms with Crippen molar-refractivity contribution in [2.45, 2.75) is 24.6 Å². The van der Waals surface area contributed by atoms with E-state index in [4.69, 9.17) is 0 Å². The molecular formula is C9H8F3N3O. The Kier molecular flexibility index (Phi) is 2.53. The van der Waals surface area contributed by atoms with Gasteiger partial charge in [-0.3, -0.25) is 14.8 Å². The van der Waals surface area contributed by atoms with E-state index in [0.717, 1.165) is 0 Å². The van der Waals surface area contributed by atoms with Crippen LogP contribution in [0.1, 0.15) is 18.0 Å². The average molecular weight is 231 g/mol. The van der Waals surface area contributed by atoms with Crippen molar-refractivity contribution < 1.29 is 18.0 Å². The molecule has 4 nitrogen and oxygen atoms in total. The van der Waals surface area contributed by atoms with Gasteiger partial charge in [-0.05, 0) is 6.42 Å². The Morgan fingerprint density at radius 2 is 2.12 bits per heavy atom. The van der Waals surface area contributed by atoms with Gasteiger partial charge in [0, 0.05) is 18.6 Å². The van der Waals surface area contributed by atoms with Crippen LogP contribution in [0.2, 0.25) is 0 Å². The van der Waals surface area contributed by atoms with Crippen LogP contribution in [0.3, 0.4) is 0 Å². The Morgan fingerprint density at radius 3 is 2.62 bits per heavy atom. The third kappa shape index (κ3) is 1.98. The van der Waals surface area contributed by atoms with Gasteiger partial charge in [0.25, 0.3) is 0 Å². The highest BCUT2D eigenvalue weighted by Gasteiger charge is 2.48. The Balaban J connectivity index is 2.18. The second-order valence-electron chi connectivity index (χ2n) is 3.52. The molecule has 2 atom stereocenters. The molecule has 1 aliphatic heterocycles. The molecule has 86 valence electrons. The molecule has 1 aromatic rings. The lowest BCUT2D eigenvalue weighted by molar-refractivity contribution is -0.154. The molecule has 0 aromatic carbocycles. The summed E-state index contributed by atoms with van der Waals surface area (Å²) in [5.41, 5.74) is 0.270. The number of rotatable bonds is 1. The van der Waals surface area contributed by atoms with Crippen LogP contribution in [-0.4, -0.2) is 28.1 Å². The van der Waals surface area contributed by atoms with E-state index in [1.807, 2.05) is 5.32 Å². The van der Waals surface area contributed by atoms with E-state index in [0.29, 0.717) is 0 Å². The first-order valence-corrected chi connectivity index (χ1v) is 4.61. The SMILES string of the molecule is O=C1NC(C(F)(F)F)CC1c1cnccn1. The molecule has 1 saturated heterocycles. The minimum absolute atomic E-state index is 0.270. The van der Waals surface area contributed by atoms with Crippen molar-refractivity contribution in [2.24, 2.45) is 0 Å². The quantitative estimate of drug-likeness (QED) is 0.784. The minimum atomic E-state index is -4.41. The highest BCUT2D eigenvalue weighted by atomic mass is 19.4. The van der Waals surface area contributed by atoms with Crippen molar-refractivity contribution in [3.8, 4) is 0 Å². The van der Waals surface area contributed by atoms with Gasteiger partial charge in [-0.2, -0.15) is 13.2 Å². The summed E-state index contributed by atoms with van der Waals surface area (Å²) in [6.45, 7) is 0. The van der Waals surface area contributed by atoms with E-state index in [2.05, 4.69) is 9.97 Å². The van der Waals surface area contributed by atoms with E-state index < -0.39 is 24.0 Å². The molecule has 0 bridgehead atoms. The second-order valence-corrected chi connectivity index (χ2v) is 3.52. The van der Waals surface area contributed by atoms with Crippen LogP contribution in [0.25, 0.3) is 0 Å². The van der Waals surface area contributed by atoms with Crippen molar-refractivity contribution in [3.63, 3.8) is 0 Å². The number of nitrogens with zero attached hydrogens (tertiary/aromatic N) is 2. The normalized spacial score (nSPS) is 25.6. The molecule has 1 amide bonds. The summed E-state index contributed by atoms with van der Waals surface area (Å²) in [6.07, 6.45) is -0.669. The fourth-order valence-electron chi connectivity index (χ4n) is 1.64. The molecule has 2 heterocycles. The van der Waals surface area contributed by atoms with Crippen LogP contribution in [0.5, 0.6) is 0 Å². The lowest BCUT2D eigenvalue weighted by Gasteiger charge is -2.13. The first kappa shape index (κ1) is 10.8. The van der Waals surface area contributed by atoms with E-state index >= 15 is 0 Å². The second kappa shape index (κ2) is 3.73. The largest absolute Gasteiger partial charge is 0.408 e. The molecule has 1 aliphatic rings. The summed E-state index contributed by atoms with van der Waals surface area (Å²) in [7, 11) is 0. The van der Waals surface area contributed by atoms with Crippen LogP contribution in [0.15, 0.2) is 18.6 Å². The lowest BCUT2D eigenvalue weighted by atomic mass is 10.0. The number of aromatic nitrogens is 2. The summed E-state index contributed by atoms with van der Waals surface area (Å²) in [5.74, 6) is -1.51. The number of alkyl halides is 3. The summed E-state index contributed by atoms with van der Waals surface area (Å²) in [5, 5.41) is 1.91. The molecule has 16 heavy (non-hydrogen) atoms. The van der Waals surface area contributed by atoms with Crippen molar-refractivity contribution in [1.82, 2.24) is 15.3 Å². The maximum Gasteiger partial charge on any atom is 0.408 e. The maximum absolute atomic E-state index is 12.4. The number of carbonyl (C=O) groups is 1. The Hall–Kier alpha value is -1.66. The van der Waals surface area contributed by atoms with Crippen molar-refractivity contribution in [1.29, 1.82) is 0 Å². The van der Waals surface area contributed by atoms with Gasteiger partial charge >= 0.3 is 6.18 Å². The summed E-state index contributed by atoms with van der Waals surface area (Å²) >= 11 is 0. The van der Waals surface area contributed by atoms with Crippen molar-refractivity contribution in [2.75, 3.05) is 0 Å². The first-order chi connectivity index (χ1) is 7.48. The fraction of sp³-hybridized carbons (Fsp3) is 0.444. The van der Waals surface area contributed by atoms with Crippen LogP contribution in [-0.2, 0) is 4.79 Å². The number of hydrogen-bond acceptors (Lipinski definition) is 3. The third-order valence-electron chi connectivity index (χ3n) is 2.44. The van der Waals surface area contributed by atoms with Gasteiger partial charge in [0.15, 0.2) is 0 Å². The summed E-state index contributed by atoms with van der Waals surface area (Å²) < 4.78 is 37.1. The van der Waals surface area contributed by atoms with Crippen LogP contribution in [0.4, 0.5) is 13.2 Å². The van der Waals surface area contributed by atoms with E-state index in [1.165, 1.54) is 18.6 Å². The number of nitrogens with one attached hydrogen (secondary N) is 1. The molecule has 7 heteroatoms. The molecule has 1 N–H and O–H groups in total. The third-order valence-corrected chi connectivity index (χ3v) is 2.44. The Labute approximate surface area is 88.9 Å². The zero-order chi connectivity index (χ0) is 11.8. The maximum atomic E-state index is 12.4. The summed E-state index contributed by atoms with van der Waals surface area (Å²) in [4.78, 5) is 18.9. The number of carbonyl (C=O) groups excluding carboxylic acids is 1. The summed E-state index contributed by atoms with van der Waals surface area (Å²) in [6, 6.07) is -1.79. The van der Waals surface area contributed by atoms with Gasteiger partial charge < -0.3 is 5.32 Å². The molecule has 1 aromatic heterocycles. The highest BCUT2D eigenvalue weighted by molar-refractivity contribution is 5.85. The van der Waals surface area contributed by atoms with Crippen LogP contribution < -0.4 is 5.32 Å². The molecule has 1 fully saturated rings. The molecule has 0 spiro atoms. The lowest BCUT2D eigenvalue weighted by Crippen LogP contribution is -2.38. The predicted molar refractivity (Wildman–Crippen MR) is 47.4 cm³/mol.